The fourth-order valence-corrected chi connectivity index (χ4v) is 15.3. The summed E-state index contributed by atoms with van der Waals surface area (Å²) in [5.41, 5.74) is 19.2. The fourth-order valence-electron chi connectivity index (χ4n) is 15.3. The van der Waals surface area contributed by atoms with E-state index in [0.717, 1.165) is 16.7 Å². The van der Waals surface area contributed by atoms with Gasteiger partial charge in [0.2, 0.25) is 0 Å². The highest BCUT2D eigenvalue weighted by atomic mass is 14.3. The summed E-state index contributed by atoms with van der Waals surface area (Å²) >= 11 is 0. The maximum absolute atomic E-state index is 2.51. The normalized spacial score (nSPS) is 11.8. The molecule has 18 rings (SSSR count). The molecule has 0 fully saturated rings. The van der Waals surface area contributed by atoms with Crippen molar-refractivity contribution in [3.05, 3.63) is 340 Å². The van der Waals surface area contributed by atoms with Gasteiger partial charge < -0.3 is 0 Å². The molecule has 0 nitrogen and oxygen atoms in total. The van der Waals surface area contributed by atoms with E-state index in [1.807, 2.05) is 0 Å². The highest BCUT2D eigenvalue weighted by Crippen LogP contribution is 2.51. The first-order chi connectivity index (χ1) is 44.7. The number of rotatable bonds is 8. The van der Waals surface area contributed by atoms with Crippen LogP contribution < -0.4 is 0 Å². The van der Waals surface area contributed by atoms with Crippen molar-refractivity contribution in [3.63, 3.8) is 0 Å². The van der Waals surface area contributed by atoms with Crippen LogP contribution in [0.5, 0.6) is 0 Å². The van der Waals surface area contributed by atoms with Crippen molar-refractivity contribution >= 4 is 97.0 Å². The maximum atomic E-state index is 2.51. The quantitative estimate of drug-likeness (QED) is 0.133. The lowest BCUT2D eigenvalue weighted by Gasteiger charge is -2.22. The van der Waals surface area contributed by atoms with Crippen molar-refractivity contribution in [3.8, 4) is 89.0 Å². The predicted octanol–water partition coefficient (Wildman–Crippen LogP) is 25.4. The number of hydrogen-bond donors (Lipinski definition) is 0. The Hall–Kier alpha value is -11.7. The van der Waals surface area contributed by atoms with Gasteiger partial charge in [-0.3, -0.25) is 0 Å². The Morgan fingerprint density at radius 2 is 0.344 bits per heavy atom. The smallest absolute Gasteiger partial charge is 0.00201 e. The molecule has 416 valence electrons. The van der Waals surface area contributed by atoms with E-state index in [-0.39, 0.29) is 0 Å². The molecule has 0 amide bonds. The molecule has 18 aromatic rings. The Morgan fingerprint density at radius 1 is 0.122 bits per heavy atom. The molecule has 0 atom stereocenters. The van der Waals surface area contributed by atoms with Crippen LogP contribution in [0.2, 0.25) is 0 Å². The van der Waals surface area contributed by atoms with E-state index >= 15 is 0 Å². The van der Waals surface area contributed by atoms with Gasteiger partial charge in [-0.15, -0.1) is 0 Å². The molecule has 0 aliphatic carbocycles. The molecule has 0 aliphatic rings. The lowest BCUT2D eigenvalue weighted by atomic mass is 9.81. The summed E-state index contributed by atoms with van der Waals surface area (Å²) in [6.45, 7) is 0. The van der Waals surface area contributed by atoms with Crippen LogP contribution >= 0.6 is 0 Å². The third-order valence-corrected chi connectivity index (χ3v) is 19.2. The molecule has 0 heterocycles. The monoisotopic (exact) mass is 1140 g/mol. The topological polar surface area (TPSA) is 0 Å². The summed E-state index contributed by atoms with van der Waals surface area (Å²) in [5, 5.41) is 22.0. The molecule has 0 unspecified atom stereocenters. The van der Waals surface area contributed by atoms with Crippen LogP contribution in [0.1, 0.15) is 0 Å². The van der Waals surface area contributed by atoms with Crippen molar-refractivity contribution in [2.75, 3.05) is 0 Å². The molecule has 0 spiro atoms. The van der Waals surface area contributed by atoms with Gasteiger partial charge in [0.15, 0.2) is 0 Å². The number of hydrogen-bond acceptors (Lipinski definition) is 0. The molecule has 0 saturated heterocycles. The molecule has 18 aromatic carbocycles. The lowest BCUT2D eigenvalue weighted by Crippen LogP contribution is -1.95. The first-order valence-electron chi connectivity index (χ1n) is 31.3. The molecule has 90 heavy (non-hydrogen) atoms. The third-order valence-electron chi connectivity index (χ3n) is 19.2. The second-order valence-electron chi connectivity index (χ2n) is 24.1. The van der Waals surface area contributed by atoms with Gasteiger partial charge in [-0.1, -0.05) is 322 Å². The Balaban J connectivity index is 0.995. The number of fused-ring (bicyclic) bond motifs is 9. The van der Waals surface area contributed by atoms with Crippen LogP contribution in [-0.2, 0) is 0 Å². The third kappa shape index (κ3) is 8.23. The van der Waals surface area contributed by atoms with Gasteiger partial charge in [0.25, 0.3) is 0 Å². The fraction of sp³-hybridized carbons (Fsp3) is 0. The van der Waals surface area contributed by atoms with Gasteiger partial charge in [-0.05, 0) is 204 Å². The predicted molar refractivity (Wildman–Crippen MR) is 387 cm³/mol. The van der Waals surface area contributed by atoms with Gasteiger partial charge >= 0.3 is 0 Å². The molecule has 0 radical (unpaired) electrons. The largest absolute Gasteiger partial charge is 0.0616 e. The van der Waals surface area contributed by atoms with E-state index in [2.05, 4.69) is 340 Å². The average Bonchev–Trinajstić information content (AvgIpc) is 0.766. The van der Waals surface area contributed by atoms with Crippen molar-refractivity contribution < 1.29 is 0 Å². The molecule has 0 heteroatoms. The Labute approximate surface area is 522 Å². The first-order valence-corrected chi connectivity index (χ1v) is 31.3. The zero-order valence-electron chi connectivity index (χ0n) is 49.3. The van der Waals surface area contributed by atoms with Crippen LogP contribution in [0.25, 0.3) is 186 Å². The van der Waals surface area contributed by atoms with Crippen LogP contribution in [0.3, 0.4) is 0 Å². The Kier molecular flexibility index (Phi) is 12.0. The summed E-state index contributed by atoms with van der Waals surface area (Å²) < 4.78 is 0. The zero-order valence-corrected chi connectivity index (χ0v) is 49.3. The van der Waals surface area contributed by atoms with Crippen LogP contribution in [0.15, 0.2) is 340 Å². The van der Waals surface area contributed by atoms with E-state index in [9.17, 15) is 0 Å². The second-order valence-corrected chi connectivity index (χ2v) is 24.1. The van der Waals surface area contributed by atoms with Crippen molar-refractivity contribution in [1.82, 2.24) is 0 Å². The molecular formula is C90H56. The summed E-state index contributed by atoms with van der Waals surface area (Å²) in [6, 6.07) is 127. The molecule has 0 aliphatic heterocycles. The highest BCUT2D eigenvalue weighted by molar-refractivity contribution is 6.25. The first kappa shape index (κ1) is 51.5. The van der Waals surface area contributed by atoms with Gasteiger partial charge in [0, 0.05) is 0 Å². The Morgan fingerprint density at radius 3 is 0.711 bits per heavy atom. The second kappa shape index (κ2) is 21.0. The van der Waals surface area contributed by atoms with Gasteiger partial charge in [0.05, 0.1) is 0 Å². The van der Waals surface area contributed by atoms with Crippen molar-refractivity contribution in [2.24, 2.45) is 0 Å². The van der Waals surface area contributed by atoms with Crippen LogP contribution in [0.4, 0.5) is 0 Å². The average molecular weight is 1140 g/mol. The zero-order chi connectivity index (χ0) is 59.2. The standard InChI is InChI=1S/C90H56/c1-6-32-65-57(22-1)27-15-41-72(65)76-52-50-70(88-79(46-20-48-81(76)88)74-43-17-29-59-24-3-8-34-67(59)74)62-54-63(56-64(55-62)87-83-37-11-13-39-85(83)90(86-40-14-12-38-84(86)87)78-45-19-31-61-26-5-10-36-69(61)78)71-51-53-77(73-42-16-28-58-23-2-7-33-66(58)73)82-49-21-47-80(89(71)82)75-44-18-30-60-25-4-9-35-68(60)75/h1-56H. The van der Waals surface area contributed by atoms with E-state index in [1.54, 1.807) is 0 Å². The minimum absolute atomic E-state index is 1.14. The molecule has 0 N–H and O–H groups in total. The van der Waals surface area contributed by atoms with E-state index in [1.165, 1.54) is 169 Å². The summed E-state index contributed by atoms with van der Waals surface area (Å²) in [4.78, 5) is 0. The van der Waals surface area contributed by atoms with Gasteiger partial charge in [0.1, 0.15) is 0 Å². The van der Waals surface area contributed by atoms with Crippen molar-refractivity contribution in [2.45, 2.75) is 0 Å². The SMILES string of the molecule is c1ccc2c(-c3c4ccccc4c(-c4cc(-c5ccc(-c6cccc7ccccc67)c6cccc(-c7cccc8ccccc78)c56)cc(-c5ccc(-c6cccc7ccccc67)c6cccc(-c7cccc8ccccc78)c56)c4)c4ccccc34)cccc2c1. The lowest BCUT2D eigenvalue weighted by molar-refractivity contribution is 1.60. The molecule has 0 bridgehead atoms. The van der Waals surface area contributed by atoms with E-state index in [4.69, 9.17) is 0 Å². The maximum Gasteiger partial charge on any atom is -0.00201 e. The molecule has 0 aromatic heterocycles. The van der Waals surface area contributed by atoms with Crippen LogP contribution in [-0.4, -0.2) is 0 Å². The molecule has 0 saturated carbocycles. The summed E-state index contributed by atoms with van der Waals surface area (Å²) in [6.07, 6.45) is 0. The Bertz CT molecular complexity index is 5630. The van der Waals surface area contributed by atoms with Gasteiger partial charge in [-0.2, -0.15) is 0 Å². The van der Waals surface area contributed by atoms with Crippen molar-refractivity contribution in [1.29, 1.82) is 0 Å². The number of benzene rings is 18. The summed E-state index contributed by atoms with van der Waals surface area (Å²) in [7, 11) is 0. The van der Waals surface area contributed by atoms with Gasteiger partial charge in [-0.25, -0.2) is 0 Å². The van der Waals surface area contributed by atoms with E-state index in [0.29, 0.717) is 0 Å². The van der Waals surface area contributed by atoms with Crippen LogP contribution in [0, 0.1) is 0 Å². The highest BCUT2D eigenvalue weighted by Gasteiger charge is 2.24. The minimum atomic E-state index is 1.14. The summed E-state index contributed by atoms with van der Waals surface area (Å²) in [5.74, 6) is 0. The minimum Gasteiger partial charge on any atom is -0.0616 e. The molecular weight excluding hydrogens is 1080 g/mol. The van der Waals surface area contributed by atoms with E-state index < -0.39 is 0 Å².